The molecule has 6 nitrogen and oxygen atoms in total. The van der Waals surface area contributed by atoms with E-state index in [1.807, 2.05) is 43.3 Å². The zero-order chi connectivity index (χ0) is 19.2. The number of fused-ring (bicyclic) bond motifs is 1. The van der Waals surface area contributed by atoms with E-state index >= 15 is 0 Å². The molecule has 0 unspecified atom stereocenters. The van der Waals surface area contributed by atoms with Crippen LogP contribution < -0.4 is 15.0 Å². The second kappa shape index (κ2) is 8.68. The van der Waals surface area contributed by atoms with Crippen LogP contribution in [0.4, 0.5) is 11.4 Å². The molecule has 1 N–H and O–H groups in total. The number of benzene rings is 2. The average molecular weight is 368 g/mol. The maximum Gasteiger partial charge on any atom is 0.262 e. The van der Waals surface area contributed by atoms with E-state index in [0.717, 1.165) is 29.7 Å². The molecule has 0 aromatic heterocycles. The van der Waals surface area contributed by atoms with Crippen molar-refractivity contribution >= 4 is 23.2 Å². The van der Waals surface area contributed by atoms with Crippen LogP contribution in [-0.4, -0.2) is 38.7 Å². The first kappa shape index (κ1) is 18.9. The molecule has 6 heteroatoms. The second-order valence-corrected chi connectivity index (χ2v) is 6.58. The van der Waals surface area contributed by atoms with Crippen molar-refractivity contribution in [1.29, 1.82) is 0 Å². The molecule has 2 amide bonds. The fraction of sp³-hybridized carbons (Fsp3) is 0.333. The van der Waals surface area contributed by atoms with Gasteiger partial charge in [0, 0.05) is 25.0 Å². The zero-order valence-corrected chi connectivity index (χ0v) is 15.7. The summed E-state index contributed by atoms with van der Waals surface area (Å²) in [6.07, 6.45) is 1.76. The topological polar surface area (TPSA) is 67.9 Å². The molecule has 0 radical (unpaired) electrons. The van der Waals surface area contributed by atoms with Crippen molar-refractivity contribution in [3.63, 3.8) is 0 Å². The van der Waals surface area contributed by atoms with Crippen LogP contribution in [0.1, 0.15) is 17.5 Å². The number of nitrogens with zero attached hydrogens (tertiary/aromatic N) is 1. The van der Waals surface area contributed by atoms with Gasteiger partial charge in [0.15, 0.2) is 6.61 Å². The molecule has 27 heavy (non-hydrogen) atoms. The Bertz CT molecular complexity index is 817. The molecule has 2 aromatic rings. The maximum atomic E-state index is 12.2. The zero-order valence-electron chi connectivity index (χ0n) is 15.7. The third-order valence-corrected chi connectivity index (χ3v) is 4.44. The van der Waals surface area contributed by atoms with Crippen LogP contribution >= 0.6 is 0 Å². The van der Waals surface area contributed by atoms with Crippen LogP contribution in [0.15, 0.2) is 42.5 Å². The normalized spacial score (nSPS) is 13.0. The predicted octanol–water partition coefficient (Wildman–Crippen LogP) is 2.94. The van der Waals surface area contributed by atoms with Crippen LogP contribution in [-0.2, 0) is 20.7 Å². The quantitative estimate of drug-likeness (QED) is 0.851. The number of carbonyl (C=O) groups is 2. The average Bonchev–Trinajstić information content (AvgIpc) is 2.67. The van der Waals surface area contributed by atoms with Gasteiger partial charge in [0.05, 0.1) is 0 Å². The van der Waals surface area contributed by atoms with Crippen molar-refractivity contribution in [2.75, 3.05) is 37.1 Å². The van der Waals surface area contributed by atoms with Gasteiger partial charge in [-0.15, -0.1) is 0 Å². The van der Waals surface area contributed by atoms with E-state index in [4.69, 9.17) is 9.47 Å². The van der Waals surface area contributed by atoms with E-state index in [-0.39, 0.29) is 25.0 Å². The Hall–Kier alpha value is -2.86. The minimum Gasteiger partial charge on any atom is -0.484 e. The molecule has 0 spiro atoms. The molecule has 1 heterocycles. The Labute approximate surface area is 159 Å². The lowest BCUT2D eigenvalue weighted by molar-refractivity contribution is -0.122. The third-order valence-electron chi connectivity index (χ3n) is 4.44. The summed E-state index contributed by atoms with van der Waals surface area (Å²) in [6, 6.07) is 13.2. The van der Waals surface area contributed by atoms with Crippen molar-refractivity contribution < 1.29 is 19.1 Å². The molecular weight excluding hydrogens is 344 g/mol. The predicted molar refractivity (Wildman–Crippen MR) is 104 cm³/mol. The second-order valence-electron chi connectivity index (χ2n) is 6.58. The van der Waals surface area contributed by atoms with Gasteiger partial charge in [-0.1, -0.05) is 17.7 Å². The molecule has 142 valence electrons. The number of anilines is 2. The number of aryl methyl sites for hydroxylation is 2. The first-order valence-corrected chi connectivity index (χ1v) is 8.98. The van der Waals surface area contributed by atoms with Gasteiger partial charge in [0.1, 0.15) is 12.4 Å². The highest BCUT2D eigenvalue weighted by molar-refractivity contribution is 5.96. The lowest BCUT2D eigenvalue weighted by Gasteiger charge is -2.29. The highest BCUT2D eigenvalue weighted by Gasteiger charge is 2.22. The smallest absolute Gasteiger partial charge is 0.262 e. The van der Waals surface area contributed by atoms with Crippen LogP contribution in [0.2, 0.25) is 0 Å². The SMILES string of the molecule is COCC(=O)N1CCCc2cc(NC(=O)COc3ccc(C)cc3)ccc21. The molecule has 2 aromatic carbocycles. The molecule has 1 aliphatic heterocycles. The summed E-state index contributed by atoms with van der Waals surface area (Å²) in [5.74, 6) is 0.383. The largest absolute Gasteiger partial charge is 0.484 e. The number of carbonyl (C=O) groups excluding carboxylic acids is 2. The van der Waals surface area contributed by atoms with E-state index < -0.39 is 0 Å². The maximum absolute atomic E-state index is 12.2. The summed E-state index contributed by atoms with van der Waals surface area (Å²) in [4.78, 5) is 26.1. The summed E-state index contributed by atoms with van der Waals surface area (Å²) in [5.41, 5.74) is 3.77. The van der Waals surface area contributed by atoms with Gasteiger partial charge in [-0.2, -0.15) is 0 Å². The number of hydrogen-bond donors (Lipinski definition) is 1. The fourth-order valence-corrected chi connectivity index (χ4v) is 3.12. The minimum absolute atomic E-state index is 0.0540. The van der Waals surface area contributed by atoms with Crippen molar-refractivity contribution in [1.82, 2.24) is 0 Å². The number of methoxy groups -OCH3 is 1. The van der Waals surface area contributed by atoms with Gasteiger partial charge < -0.3 is 19.7 Å². The summed E-state index contributed by atoms with van der Waals surface area (Å²) in [5, 5.41) is 2.85. The van der Waals surface area contributed by atoms with E-state index in [2.05, 4.69) is 5.32 Å². The monoisotopic (exact) mass is 368 g/mol. The van der Waals surface area contributed by atoms with Crippen molar-refractivity contribution in [3.05, 3.63) is 53.6 Å². The Balaban J connectivity index is 1.61. The fourth-order valence-electron chi connectivity index (χ4n) is 3.12. The number of rotatable bonds is 6. The van der Waals surface area contributed by atoms with Gasteiger partial charge in [-0.3, -0.25) is 9.59 Å². The van der Waals surface area contributed by atoms with Gasteiger partial charge in [-0.05, 0) is 55.7 Å². The summed E-state index contributed by atoms with van der Waals surface area (Å²) in [7, 11) is 1.51. The summed E-state index contributed by atoms with van der Waals surface area (Å²) in [6.45, 7) is 2.69. The first-order chi connectivity index (χ1) is 13.1. The molecule has 1 aliphatic rings. The number of amides is 2. The van der Waals surface area contributed by atoms with Crippen molar-refractivity contribution in [2.45, 2.75) is 19.8 Å². The lowest BCUT2D eigenvalue weighted by atomic mass is 10.0. The highest BCUT2D eigenvalue weighted by Crippen LogP contribution is 2.29. The molecule has 3 rings (SSSR count). The first-order valence-electron chi connectivity index (χ1n) is 8.98. The highest BCUT2D eigenvalue weighted by atomic mass is 16.5. The third kappa shape index (κ3) is 4.86. The van der Waals surface area contributed by atoms with Gasteiger partial charge in [0.25, 0.3) is 11.8 Å². The number of ether oxygens (including phenoxy) is 2. The van der Waals surface area contributed by atoms with Crippen LogP contribution in [0, 0.1) is 6.92 Å². The van der Waals surface area contributed by atoms with Crippen LogP contribution in [0.25, 0.3) is 0 Å². The number of hydrogen-bond acceptors (Lipinski definition) is 4. The van der Waals surface area contributed by atoms with E-state index in [0.29, 0.717) is 18.0 Å². The van der Waals surface area contributed by atoms with Crippen molar-refractivity contribution in [3.8, 4) is 5.75 Å². The number of nitrogens with one attached hydrogen (secondary N) is 1. The molecule has 0 bridgehead atoms. The Morgan fingerprint density at radius 2 is 1.89 bits per heavy atom. The van der Waals surface area contributed by atoms with Crippen molar-refractivity contribution in [2.24, 2.45) is 0 Å². The molecule has 0 saturated carbocycles. The van der Waals surface area contributed by atoms with Gasteiger partial charge >= 0.3 is 0 Å². The van der Waals surface area contributed by atoms with Gasteiger partial charge in [-0.25, -0.2) is 0 Å². The summed E-state index contributed by atoms with van der Waals surface area (Å²) < 4.78 is 10.5. The molecule has 0 saturated heterocycles. The standard InChI is InChI=1S/C21H24N2O4/c1-15-5-8-18(9-6-15)27-13-20(24)22-17-7-10-19-16(12-17)4-3-11-23(19)21(25)14-26-2/h5-10,12H,3-4,11,13-14H2,1-2H3,(H,22,24). The molecular formula is C21H24N2O4. The Morgan fingerprint density at radius 1 is 1.11 bits per heavy atom. The minimum atomic E-state index is -0.223. The van der Waals surface area contributed by atoms with E-state index in [1.165, 1.54) is 7.11 Å². The molecule has 0 fully saturated rings. The van der Waals surface area contributed by atoms with Crippen LogP contribution in [0.5, 0.6) is 5.75 Å². The lowest BCUT2D eigenvalue weighted by Crippen LogP contribution is -2.37. The summed E-state index contributed by atoms with van der Waals surface area (Å²) >= 11 is 0. The Kier molecular flexibility index (Phi) is 6.08. The van der Waals surface area contributed by atoms with Gasteiger partial charge in [0.2, 0.25) is 0 Å². The molecule has 0 aliphatic carbocycles. The van der Waals surface area contributed by atoms with Crippen LogP contribution in [0.3, 0.4) is 0 Å². The van der Waals surface area contributed by atoms with E-state index in [1.54, 1.807) is 11.0 Å². The molecule has 0 atom stereocenters. The van der Waals surface area contributed by atoms with E-state index in [9.17, 15) is 9.59 Å². The Morgan fingerprint density at radius 3 is 2.63 bits per heavy atom.